The fourth-order valence-electron chi connectivity index (χ4n) is 4.04. The van der Waals surface area contributed by atoms with Gasteiger partial charge < -0.3 is 15.0 Å². The SMILES string of the molecule is COc1ncccc1C(=O)Nc1cc(C#N)ccc1N1CCN(Cc2cccc(C#N)c2)CC1. The van der Waals surface area contributed by atoms with Crippen LogP contribution in [0.2, 0.25) is 0 Å². The van der Waals surface area contributed by atoms with Crippen molar-refractivity contribution in [2.75, 3.05) is 43.5 Å². The zero-order valence-electron chi connectivity index (χ0n) is 18.9. The average molecular weight is 453 g/mol. The summed E-state index contributed by atoms with van der Waals surface area (Å²) in [4.78, 5) is 21.6. The zero-order chi connectivity index (χ0) is 23.9. The van der Waals surface area contributed by atoms with Crippen LogP contribution in [0.15, 0.2) is 60.8 Å². The van der Waals surface area contributed by atoms with Gasteiger partial charge in [0.15, 0.2) is 0 Å². The molecule has 4 rings (SSSR count). The van der Waals surface area contributed by atoms with Crippen molar-refractivity contribution in [1.29, 1.82) is 10.5 Å². The number of carbonyl (C=O) groups excluding carboxylic acids is 1. The van der Waals surface area contributed by atoms with Gasteiger partial charge in [-0.1, -0.05) is 12.1 Å². The first-order valence-electron chi connectivity index (χ1n) is 10.9. The van der Waals surface area contributed by atoms with E-state index in [0.717, 1.165) is 44.0 Å². The molecule has 1 fully saturated rings. The third-order valence-corrected chi connectivity index (χ3v) is 5.76. The summed E-state index contributed by atoms with van der Waals surface area (Å²) in [5.74, 6) is -0.107. The van der Waals surface area contributed by atoms with Crippen LogP contribution in [-0.4, -0.2) is 49.1 Å². The Bertz CT molecular complexity index is 1270. The fourth-order valence-corrected chi connectivity index (χ4v) is 4.04. The van der Waals surface area contributed by atoms with Crippen molar-refractivity contribution in [1.82, 2.24) is 9.88 Å². The number of nitrogens with zero attached hydrogens (tertiary/aromatic N) is 5. The average Bonchev–Trinajstić information content (AvgIpc) is 2.89. The third-order valence-electron chi connectivity index (χ3n) is 5.76. The van der Waals surface area contributed by atoms with E-state index in [0.29, 0.717) is 22.4 Å². The summed E-state index contributed by atoms with van der Waals surface area (Å²) in [7, 11) is 1.47. The highest BCUT2D eigenvalue weighted by atomic mass is 16.5. The molecule has 0 saturated carbocycles. The number of methoxy groups -OCH3 is 1. The Morgan fingerprint density at radius 3 is 2.53 bits per heavy atom. The first-order valence-corrected chi connectivity index (χ1v) is 10.9. The number of piperazine rings is 1. The number of hydrogen-bond donors (Lipinski definition) is 1. The van der Waals surface area contributed by atoms with Gasteiger partial charge in [-0.3, -0.25) is 9.69 Å². The number of pyridine rings is 1. The van der Waals surface area contributed by atoms with E-state index in [1.54, 1.807) is 30.5 Å². The summed E-state index contributed by atoms with van der Waals surface area (Å²) in [5, 5.41) is 21.4. The van der Waals surface area contributed by atoms with E-state index in [9.17, 15) is 10.1 Å². The Labute approximate surface area is 198 Å². The Hall–Kier alpha value is -4.40. The van der Waals surface area contributed by atoms with Crippen LogP contribution in [-0.2, 0) is 6.54 Å². The maximum atomic E-state index is 13.0. The van der Waals surface area contributed by atoms with Gasteiger partial charge >= 0.3 is 0 Å². The van der Waals surface area contributed by atoms with Crippen LogP contribution >= 0.6 is 0 Å². The molecule has 0 aliphatic carbocycles. The number of carbonyl (C=O) groups is 1. The largest absolute Gasteiger partial charge is 0.480 e. The minimum Gasteiger partial charge on any atom is -0.480 e. The van der Waals surface area contributed by atoms with Crippen LogP contribution in [0.1, 0.15) is 27.0 Å². The van der Waals surface area contributed by atoms with Gasteiger partial charge in [-0.2, -0.15) is 10.5 Å². The number of benzene rings is 2. The lowest BCUT2D eigenvalue weighted by Crippen LogP contribution is -2.46. The lowest BCUT2D eigenvalue weighted by atomic mass is 10.1. The number of hydrogen-bond acceptors (Lipinski definition) is 7. The molecule has 0 unspecified atom stereocenters. The maximum absolute atomic E-state index is 13.0. The van der Waals surface area contributed by atoms with Crippen molar-refractivity contribution in [3.63, 3.8) is 0 Å². The highest BCUT2D eigenvalue weighted by Crippen LogP contribution is 2.29. The van der Waals surface area contributed by atoms with Gasteiger partial charge in [0.25, 0.3) is 5.91 Å². The predicted octanol–water partition coefficient (Wildman–Crippen LogP) is 3.41. The van der Waals surface area contributed by atoms with Crippen molar-refractivity contribution in [2.45, 2.75) is 6.54 Å². The quantitative estimate of drug-likeness (QED) is 0.611. The smallest absolute Gasteiger partial charge is 0.261 e. The summed E-state index contributed by atoms with van der Waals surface area (Å²) >= 11 is 0. The Balaban J connectivity index is 1.49. The van der Waals surface area contributed by atoms with Crippen molar-refractivity contribution in [3.8, 4) is 18.0 Å². The van der Waals surface area contributed by atoms with Gasteiger partial charge in [0.05, 0.1) is 41.7 Å². The molecule has 2 heterocycles. The molecule has 1 aromatic heterocycles. The monoisotopic (exact) mass is 452 g/mol. The van der Waals surface area contributed by atoms with E-state index >= 15 is 0 Å². The predicted molar refractivity (Wildman–Crippen MR) is 129 cm³/mol. The molecule has 34 heavy (non-hydrogen) atoms. The minimum atomic E-state index is -0.350. The number of nitrogens with one attached hydrogen (secondary N) is 1. The van der Waals surface area contributed by atoms with E-state index in [1.165, 1.54) is 7.11 Å². The number of amides is 1. The summed E-state index contributed by atoms with van der Waals surface area (Å²) < 4.78 is 5.21. The molecule has 3 aromatic rings. The van der Waals surface area contributed by atoms with Crippen molar-refractivity contribution in [3.05, 3.63) is 83.0 Å². The van der Waals surface area contributed by atoms with Crippen molar-refractivity contribution >= 4 is 17.3 Å². The van der Waals surface area contributed by atoms with Crippen LogP contribution in [0, 0.1) is 22.7 Å². The summed E-state index contributed by atoms with van der Waals surface area (Å²) in [6.07, 6.45) is 1.56. The highest BCUT2D eigenvalue weighted by Gasteiger charge is 2.22. The van der Waals surface area contributed by atoms with Gasteiger partial charge in [0, 0.05) is 38.9 Å². The van der Waals surface area contributed by atoms with Crippen molar-refractivity contribution < 1.29 is 9.53 Å². The fraction of sp³-hybridized carbons (Fsp3) is 0.231. The van der Waals surface area contributed by atoms with E-state index in [1.807, 2.05) is 30.3 Å². The lowest BCUT2D eigenvalue weighted by Gasteiger charge is -2.37. The molecule has 0 bridgehead atoms. The molecule has 1 saturated heterocycles. The number of anilines is 2. The second kappa shape index (κ2) is 10.5. The topological polar surface area (TPSA) is 105 Å². The summed E-state index contributed by atoms with van der Waals surface area (Å²) in [5.41, 5.74) is 4.01. The second-order valence-electron chi connectivity index (χ2n) is 7.93. The van der Waals surface area contributed by atoms with Crippen LogP contribution < -0.4 is 15.0 Å². The lowest BCUT2D eigenvalue weighted by molar-refractivity contribution is 0.102. The molecular formula is C26H24N6O2. The van der Waals surface area contributed by atoms with Gasteiger partial charge in [-0.15, -0.1) is 0 Å². The second-order valence-corrected chi connectivity index (χ2v) is 7.93. The molecule has 0 spiro atoms. The maximum Gasteiger partial charge on any atom is 0.261 e. The number of aromatic nitrogens is 1. The number of rotatable bonds is 6. The molecular weight excluding hydrogens is 428 g/mol. The van der Waals surface area contributed by atoms with Crippen LogP contribution in [0.4, 0.5) is 11.4 Å². The minimum absolute atomic E-state index is 0.243. The molecule has 0 atom stereocenters. The molecule has 2 aromatic carbocycles. The summed E-state index contributed by atoms with van der Waals surface area (Å²) in [6.45, 7) is 3.98. The van der Waals surface area contributed by atoms with E-state index in [-0.39, 0.29) is 11.8 Å². The Morgan fingerprint density at radius 2 is 1.79 bits per heavy atom. The standard InChI is InChI=1S/C26H24N6O2/c1-34-26-22(6-3-9-29-26)25(33)30-23-15-20(17-28)7-8-24(23)32-12-10-31(11-13-32)18-21-5-2-4-19(14-21)16-27/h2-9,14-15H,10-13,18H2,1H3,(H,30,33). The third kappa shape index (κ3) is 5.15. The Kier molecular flexibility index (Phi) is 7.02. The van der Waals surface area contributed by atoms with Crippen LogP contribution in [0.5, 0.6) is 5.88 Å². The van der Waals surface area contributed by atoms with Gasteiger partial charge in [0.2, 0.25) is 5.88 Å². The molecule has 1 amide bonds. The normalized spacial score (nSPS) is 13.6. The molecule has 8 heteroatoms. The summed E-state index contributed by atoms with van der Waals surface area (Å²) in [6, 6.07) is 20.7. The molecule has 1 N–H and O–H groups in total. The zero-order valence-corrected chi connectivity index (χ0v) is 18.9. The van der Waals surface area contributed by atoms with E-state index in [4.69, 9.17) is 10.00 Å². The first kappa shape index (κ1) is 22.8. The van der Waals surface area contributed by atoms with Crippen LogP contribution in [0.3, 0.4) is 0 Å². The van der Waals surface area contributed by atoms with Gasteiger partial charge in [0.1, 0.15) is 5.56 Å². The first-order chi connectivity index (χ1) is 16.6. The molecule has 1 aliphatic heterocycles. The Morgan fingerprint density at radius 1 is 1.03 bits per heavy atom. The van der Waals surface area contributed by atoms with Gasteiger partial charge in [-0.05, 0) is 48.0 Å². The van der Waals surface area contributed by atoms with E-state index in [2.05, 4.69) is 32.2 Å². The highest BCUT2D eigenvalue weighted by molar-refractivity contribution is 6.07. The molecule has 0 radical (unpaired) electrons. The number of nitriles is 2. The van der Waals surface area contributed by atoms with Gasteiger partial charge in [-0.25, -0.2) is 4.98 Å². The van der Waals surface area contributed by atoms with E-state index < -0.39 is 0 Å². The van der Waals surface area contributed by atoms with Crippen molar-refractivity contribution in [2.24, 2.45) is 0 Å². The molecule has 1 aliphatic rings. The number of ether oxygens (including phenoxy) is 1. The van der Waals surface area contributed by atoms with Crippen LogP contribution in [0.25, 0.3) is 0 Å². The molecule has 170 valence electrons. The molecule has 8 nitrogen and oxygen atoms in total.